The zero-order valence-corrected chi connectivity index (χ0v) is 32.2. The molecule has 0 rings (SSSR count). The van der Waals surface area contributed by atoms with E-state index in [1.807, 2.05) is 0 Å². The third-order valence-electron chi connectivity index (χ3n) is 6.93. The predicted molar refractivity (Wildman–Crippen MR) is 154 cm³/mol. The molecule has 0 aliphatic rings. The van der Waals surface area contributed by atoms with Gasteiger partial charge in [-0.3, -0.25) is 0 Å². The Balaban J connectivity index is -0.00000722. The largest absolute Gasteiger partial charge is 1.00 e. The van der Waals surface area contributed by atoms with E-state index in [4.69, 9.17) is 14.2 Å². The van der Waals surface area contributed by atoms with Gasteiger partial charge in [0.1, 0.15) is 0 Å². The van der Waals surface area contributed by atoms with Gasteiger partial charge in [0.15, 0.2) is 0 Å². The van der Waals surface area contributed by atoms with Gasteiger partial charge < -0.3 is 23.3 Å². The third kappa shape index (κ3) is 31.5. The molecular weight excluding hydrogens is 590 g/mol. The second-order valence-electron chi connectivity index (χ2n) is 10.5. The van der Waals surface area contributed by atoms with Crippen LogP contribution in [-0.4, -0.2) is 76.1 Å². The number of hydrogen-bond acceptors (Lipinski definition) is 9. The van der Waals surface area contributed by atoms with Crippen molar-refractivity contribution in [2.75, 3.05) is 39.6 Å². The number of hydrogen-bond donors (Lipinski definition) is 0. The molecule has 0 N–H and O–H groups in total. The van der Waals surface area contributed by atoms with E-state index in [0.29, 0.717) is 25.7 Å². The molecule has 0 saturated heterocycles. The Labute approximate surface area is 296 Å². The second kappa shape index (κ2) is 31.7. The van der Waals surface area contributed by atoms with Crippen LogP contribution in [0.15, 0.2) is 0 Å². The van der Waals surface area contributed by atoms with E-state index in [9.17, 15) is 25.9 Å². The minimum absolute atomic E-state index is 0. The summed E-state index contributed by atoms with van der Waals surface area (Å²) in [4.78, 5) is 0. The maximum absolute atomic E-state index is 11.5. The van der Waals surface area contributed by atoms with Gasteiger partial charge in [-0.15, -0.1) is 0 Å². The summed E-state index contributed by atoms with van der Waals surface area (Å²) in [6.45, 7) is 4.71. The van der Waals surface area contributed by atoms with Gasteiger partial charge in [0.25, 0.3) is 0 Å². The van der Waals surface area contributed by atoms with Crippen LogP contribution in [0, 0.1) is 0 Å². The van der Waals surface area contributed by atoms with Crippen LogP contribution in [0.5, 0.6) is 0 Å². The van der Waals surface area contributed by atoms with E-state index >= 15 is 0 Å². The molecule has 9 nitrogen and oxygen atoms in total. The molecule has 41 heavy (non-hydrogen) atoms. The first-order chi connectivity index (χ1) is 18.6. The van der Waals surface area contributed by atoms with Crippen LogP contribution in [0.3, 0.4) is 0 Å². The molecule has 0 aromatic rings. The maximum Gasteiger partial charge on any atom is 1.00 e. The molecule has 0 aliphatic carbocycles. The summed E-state index contributed by atoms with van der Waals surface area (Å²) in [5, 5.41) is -2.10. The zero-order chi connectivity index (χ0) is 29.2. The maximum atomic E-state index is 11.5. The smallest absolute Gasteiger partial charge is 0.748 e. The van der Waals surface area contributed by atoms with Crippen molar-refractivity contribution < 1.29 is 99.3 Å². The number of unbranched alkanes of at least 4 members (excludes halogenated alkanes) is 14. The fourth-order valence-electron chi connectivity index (χ4n) is 4.40. The minimum Gasteiger partial charge on any atom is -0.748 e. The van der Waals surface area contributed by atoms with E-state index in [1.54, 1.807) is 0 Å². The van der Waals surface area contributed by atoms with Crippen LogP contribution in [0.25, 0.3) is 0 Å². The Morgan fingerprint density at radius 3 is 1.02 bits per heavy atom. The molecule has 0 radical (unpaired) electrons. The van der Waals surface area contributed by atoms with Gasteiger partial charge >= 0.3 is 59.1 Å². The Morgan fingerprint density at radius 1 is 0.463 bits per heavy atom. The first-order valence-corrected chi connectivity index (χ1v) is 18.2. The van der Waals surface area contributed by atoms with E-state index in [2.05, 4.69) is 13.8 Å². The quantitative estimate of drug-likeness (QED) is 0.0596. The summed E-state index contributed by atoms with van der Waals surface area (Å²) in [5.41, 5.74) is 0. The van der Waals surface area contributed by atoms with Crippen LogP contribution < -0.4 is 59.1 Å². The van der Waals surface area contributed by atoms with Crippen molar-refractivity contribution in [1.82, 2.24) is 0 Å². The van der Waals surface area contributed by atoms with Crippen molar-refractivity contribution in [3.8, 4) is 0 Å². The molecule has 236 valence electrons. The predicted octanol–water partition coefficient (Wildman–Crippen LogP) is -0.0666. The summed E-state index contributed by atoms with van der Waals surface area (Å²) in [6, 6.07) is 0. The summed E-state index contributed by atoms with van der Waals surface area (Å²) in [7, 11) is -8.84. The minimum atomic E-state index is -4.42. The SMILES string of the molecule is CCCCCCCCCCC(COCCOCCOCC(CCCCCCCCCC)S(=O)(=O)[O-])S(=O)(=O)[O-].[Na+].[Na+]. The summed E-state index contributed by atoms with van der Waals surface area (Å²) < 4.78 is 85.3. The van der Waals surface area contributed by atoms with Crippen molar-refractivity contribution in [2.45, 2.75) is 140 Å². The molecule has 13 heteroatoms. The normalized spacial score (nSPS) is 13.4. The van der Waals surface area contributed by atoms with E-state index in [1.165, 1.54) is 51.4 Å². The Morgan fingerprint density at radius 2 is 0.732 bits per heavy atom. The molecule has 0 aliphatic heterocycles. The van der Waals surface area contributed by atoms with Crippen molar-refractivity contribution >= 4 is 20.2 Å². The fourth-order valence-corrected chi connectivity index (χ4v) is 5.84. The molecule has 2 atom stereocenters. The monoisotopic (exact) mass is 646 g/mol. The molecular formula is C28H56Na2O9S2. The van der Waals surface area contributed by atoms with Gasteiger partial charge in [-0.25, -0.2) is 16.8 Å². The van der Waals surface area contributed by atoms with Crippen LogP contribution in [0.4, 0.5) is 0 Å². The van der Waals surface area contributed by atoms with Gasteiger partial charge in [-0.05, 0) is 12.8 Å². The average molecular weight is 647 g/mol. The van der Waals surface area contributed by atoms with Gasteiger partial charge in [-0.2, -0.15) is 0 Å². The third-order valence-corrected chi connectivity index (χ3v) is 9.30. The summed E-state index contributed by atoms with van der Waals surface area (Å²) >= 11 is 0. The molecule has 0 fully saturated rings. The summed E-state index contributed by atoms with van der Waals surface area (Å²) in [5.74, 6) is 0. The topological polar surface area (TPSA) is 142 Å². The molecule has 2 unspecified atom stereocenters. The molecule has 0 spiro atoms. The zero-order valence-electron chi connectivity index (χ0n) is 26.6. The van der Waals surface area contributed by atoms with Crippen molar-refractivity contribution in [1.29, 1.82) is 0 Å². The van der Waals surface area contributed by atoms with Crippen molar-refractivity contribution in [3.05, 3.63) is 0 Å². The summed E-state index contributed by atoms with van der Waals surface area (Å²) in [6.07, 6.45) is 18.0. The second-order valence-corrected chi connectivity index (χ2v) is 13.8. The van der Waals surface area contributed by atoms with Crippen LogP contribution in [0.2, 0.25) is 0 Å². The Bertz CT molecular complexity index is 692. The van der Waals surface area contributed by atoms with Crippen molar-refractivity contribution in [3.63, 3.8) is 0 Å². The molecule has 0 heterocycles. The standard InChI is InChI=1S/C28H58O9S2.2Na/c1-3-5-7-9-11-13-15-17-19-27(38(29,30)31)25-36-23-21-35-22-24-37-26-28(39(32,33)34)20-18-16-14-12-10-8-6-4-2;;/h27-28H,3-26H2,1-2H3,(H,29,30,31)(H,32,33,34);;/q;2*+1/p-2. The molecule has 0 aromatic carbocycles. The van der Waals surface area contributed by atoms with Gasteiger partial charge in [0.05, 0.1) is 70.4 Å². The van der Waals surface area contributed by atoms with Gasteiger partial charge in [0.2, 0.25) is 0 Å². The van der Waals surface area contributed by atoms with E-state index < -0.39 is 30.7 Å². The first-order valence-electron chi connectivity index (χ1n) is 15.3. The molecule has 0 bridgehead atoms. The van der Waals surface area contributed by atoms with Crippen LogP contribution in [-0.2, 0) is 34.4 Å². The first kappa shape index (κ1) is 47.1. The van der Waals surface area contributed by atoms with E-state index in [0.717, 1.165) is 38.5 Å². The van der Waals surface area contributed by atoms with E-state index in [-0.39, 0.29) is 98.8 Å². The number of ether oxygens (including phenoxy) is 3. The number of rotatable bonds is 30. The van der Waals surface area contributed by atoms with Crippen molar-refractivity contribution in [2.24, 2.45) is 0 Å². The Hall–Kier alpha value is 1.70. The van der Waals surface area contributed by atoms with Crippen LogP contribution >= 0.6 is 0 Å². The molecule has 0 amide bonds. The molecule has 0 saturated carbocycles. The van der Waals surface area contributed by atoms with Crippen LogP contribution in [0.1, 0.15) is 129 Å². The fraction of sp³-hybridized carbons (Fsp3) is 1.00. The average Bonchev–Trinajstić information content (AvgIpc) is 2.86. The van der Waals surface area contributed by atoms with Gasteiger partial charge in [-0.1, -0.05) is 117 Å². The molecule has 0 aromatic heterocycles. The van der Waals surface area contributed by atoms with Gasteiger partial charge in [0, 0.05) is 0 Å². The Kier molecular flexibility index (Phi) is 36.4.